The van der Waals surface area contributed by atoms with Crippen molar-refractivity contribution in [1.82, 2.24) is 0 Å². The second-order valence-electron chi connectivity index (χ2n) is 4.40. The van der Waals surface area contributed by atoms with Crippen LogP contribution in [-0.4, -0.2) is 16.3 Å². The van der Waals surface area contributed by atoms with Crippen molar-refractivity contribution in [3.63, 3.8) is 0 Å². The van der Waals surface area contributed by atoms with E-state index in [1.807, 2.05) is 18.2 Å². The summed E-state index contributed by atoms with van der Waals surface area (Å²) in [6.07, 6.45) is 0.490. The fourth-order valence-corrected chi connectivity index (χ4v) is 2.69. The molecule has 0 radical (unpaired) electrons. The summed E-state index contributed by atoms with van der Waals surface area (Å²) in [5.41, 5.74) is 6.82. The Kier molecular flexibility index (Phi) is 5.99. The Morgan fingerprint density at radius 3 is 2.67 bits per heavy atom. The predicted molar refractivity (Wildman–Crippen MR) is 76.2 cm³/mol. The fourth-order valence-electron chi connectivity index (χ4n) is 1.54. The van der Waals surface area contributed by atoms with E-state index in [-0.39, 0.29) is 12.5 Å². The largest absolute Gasteiger partial charge is 0.481 e. The van der Waals surface area contributed by atoms with Crippen molar-refractivity contribution < 1.29 is 9.90 Å². The molecule has 3 nitrogen and oxygen atoms in total. The Labute approximate surface area is 117 Å². The van der Waals surface area contributed by atoms with Gasteiger partial charge in [0, 0.05) is 22.6 Å². The maximum atomic E-state index is 10.5. The minimum Gasteiger partial charge on any atom is -0.481 e. The third kappa shape index (κ3) is 4.88. The molecular formula is C13H18ClNO2S. The van der Waals surface area contributed by atoms with Crippen LogP contribution in [0.4, 0.5) is 0 Å². The number of hydrogen-bond donors (Lipinski definition) is 2. The second-order valence-corrected chi connectivity index (χ2v) is 6.42. The number of aliphatic carboxylic acids is 1. The van der Waals surface area contributed by atoms with Gasteiger partial charge in [0.2, 0.25) is 0 Å². The average Bonchev–Trinajstić information content (AvgIpc) is 2.28. The van der Waals surface area contributed by atoms with E-state index < -0.39 is 5.97 Å². The predicted octanol–water partition coefficient (Wildman–Crippen LogP) is 3.71. The molecule has 100 valence electrons. The van der Waals surface area contributed by atoms with Crippen molar-refractivity contribution in [3.05, 3.63) is 28.8 Å². The van der Waals surface area contributed by atoms with E-state index in [0.29, 0.717) is 16.7 Å². The van der Waals surface area contributed by atoms with Crippen LogP contribution in [0.5, 0.6) is 0 Å². The Morgan fingerprint density at radius 1 is 1.50 bits per heavy atom. The van der Waals surface area contributed by atoms with Gasteiger partial charge in [-0.1, -0.05) is 31.5 Å². The highest BCUT2D eigenvalue weighted by molar-refractivity contribution is 8.00. The van der Waals surface area contributed by atoms with Crippen LogP contribution >= 0.6 is 23.4 Å². The standard InChI is InChI=1S/C13H18ClNO2S/c1-8(2)18-12-5-3-9(7-10(12)14)11(15)4-6-13(16)17/h3,5,7-8,11H,4,6,15H2,1-2H3,(H,16,17). The lowest BCUT2D eigenvalue weighted by molar-refractivity contribution is -0.137. The van der Waals surface area contributed by atoms with Crippen LogP contribution in [0, 0.1) is 0 Å². The van der Waals surface area contributed by atoms with Crippen molar-refractivity contribution in [1.29, 1.82) is 0 Å². The molecule has 0 heterocycles. The smallest absolute Gasteiger partial charge is 0.303 e. The van der Waals surface area contributed by atoms with Crippen molar-refractivity contribution in [2.24, 2.45) is 5.73 Å². The van der Waals surface area contributed by atoms with Crippen LogP contribution in [-0.2, 0) is 4.79 Å². The lowest BCUT2D eigenvalue weighted by Crippen LogP contribution is -2.12. The first kappa shape index (κ1) is 15.3. The molecule has 1 atom stereocenters. The van der Waals surface area contributed by atoms with Crippen molar-refractivity contribution in [2.45, 2.75) is 42.9 Å². The number of thioether (sulfide) groups is 1. The highest BCUT2D eigenvalue weighted by atomic mass is 35.5. The van der Waals surface area contributed by atoms with Crippen LogP contribution in [0.25, 0.3) is 0 Å². The summed E-state index contributed by atoms with van der Waals surface area (Å²) in [7, 11) is 0. The van der Waals surface area contributed by atoms with Crippen LogP contribution in [0.1, 0.15) is 38.3 Å². The van der Waals surface area contributed by atoms with E-state index in [4.69, 9.17) is 22.4 Å². The lowest BCUT2D eigenvalue weighted by atomic mass is 10.0. The van der Waals surface area contributed by atoms with Crippen LogP contribution < -0.4 is 5.73 Å². The van der Waals surface area contributed by atoms with E-state index in [1.165, 1.54) is 0 Å². The van der Waals surface area contributed by atoms with Gasteiger partial charge in [-0.25, -0.2) is 0 Å². The van der Waals surface area contributed by atoms with Gasteiger partial charge in [-0.05, 0) is 24.1 Å². The number of hydrogen-bond acceptors (Lipinski definition) is 3. The minimum atomic E-state index is -0.830. The topological polar surface area (TPSA) is 63.3 Å². The van der Waals surface area contributed by atoms with E-state index >= 15 is 0 Å². The number of nitrogens with two attached hydrogens (primary N) is 1. The number of halogens is 1. The molecule has 0 aliphatic rings. The highest BCUT2D eigenvalue weighted by Gasteiger charge is 2.11. The fraction of sp³-hybridized carbons (Fsp3) is 0.462. The van der Waals surface area contributed by atoms with Crippen LogP contribution in [0.3, 0.4) is 0 Å². The molecule has 0 spiro atoms. The summed E-state index contributed by atoms with van der Waals surface area (Å²) in [6, 6.07) is 5.42. The van der Waals surface area contributed by atoms with Gasteiger partial charge in [0.15, 0.2) is 0 Å². The summed E-state index contributed by atoms with van der Waals surface area (Å²) >= 11 is 7.88. The summed E-state index contributed by atoms with van der Waals surface area (Å²) in [6.45, 7) is 4.21. The number of benzene rings is 1. The van der Waals surface area contributed by atoms with Gasteiger partial charge in [0.25, 0.3) is 0 Å². The van der Waals surface area contributed by atoms with Gasteiger partial charge in [-0.15, -0.1) is 11.8 Å². The zero-order chi connectivity index (χ0) is 13.7. The molecule has 0 saturated heterocycles. The Hall–Kier alpha value is -0.710. The molecule has 1 unspecified atom stereocenters. The van der Waals surface area contributed by atoms with Gasteiger partial charge in [0.1, 0.15) is 0 Å². The van der Waals surface area contributed by atoms with E-state index in [1.54, 1.807) is 11.8 Å². The molecule has 0 bridgehead atoms. The maximum absolute atomic E-state index is 10.5. The highest BCUT2D eigenvalue weighted by Crippen LogP contribution is 2.32. The molecular weight excluding hydrogens is 270 g/mol. The molecule has 0 amide bonds. The monoisotopic (exact) mass is 287 g/mol. The van der Waals surface area contributed by atoms with Gasteiger partial charge < -0.3 is 10.8 Å². The molecule has 0 fully saturated rings. The van der Waals surface area contributed by atoms with E-state index in [2.05, 4.69) is 13.8 Å². The molecule has 5 heteroatoms. The summed E-state index contributed by atoms with van der Waals surface area (Å²) in [5.74, 6) is -0.830. The quantitative estimate of drug-likeness (QED) is 0.783. The molecule has 1 aromatic carbocycles. The Morgan fingerprint density at radius 2 is 2.17 bits per heavy atom. The SMILES string of the molecule is CC(C)Sc1ccc(C(N)CCC(=O)O)cc1Cl. The van der Waals surface area contributed by atoms with E-state index in [9.17, 15) is 4.79 Å². The number of rotatable bonds is 6. The normalized spacial score (nSPS) is 12.7. The summed E-state index contributed by atoms with van der Waals surface area (Å²) in [5, 5.41) is 9.77. The Bertz CT molecular complexity index is 423. The molecule has 1 aromatic rings. The minimum absolute atomic E-state index is 0.0707. The maximum Gasteiger partial charge on any atom is 0.303 e. The summed E-state index contributed by atoms with van der Waals surface area (Å²) < 4.78 is 0. The lowest BCUT2D eigenvalue weighted by Gasteiger charge is -2.13. The summed E-state index contributed by atoms with van der Waals surface area (Å²) in [4.78, 5) is 11.5. The third-order valence-corrected chi connectivity index (χ3v) is 3.92. The third-order valence-electron chi connectivity index (χ3n) is 2.42. The molecule has 0 aliphatic heterocycles. The molecule has 3 N–H and O–H groups in total. The van der Waals surface area contributed by atoms with Crippen LogP contribution in [0.15, 0.2) is 23.1 Å². The molecule has 18 heavy (non-hydrogen) atoms. The van der Waals surface area contributed by atoms with Gasteiger partial charge in [-0.2, -0.15) is 0 Å². The first-order valence-corrected chi connectivity index (χ1v) is 7.09. The molecule has 0 aromatic heterocycles. The Balaban J connectivity index is 2.73. The first-order chi connectivity index (χ1) is 8.40. The van der Waals surface area contributed by atoms with Crippen LogP contribution in [0.2, 0.25) is 5.02 Å². The van der Waals surface area contributed by atoms with Gasteiger partial charge in [-0.3, -0.25) is 4.79 Å². The zero-order valence-electron chi connectivity index (χ0n) is 10.5. The average molecular weight is 288 g/mol. The van der Waals surface area contributed by atoms with Gasteiger partial charge >= 0.3 is 5.97 Å². The second kappa shape index (κ2) is 7.02. The van der Waals surface area contributed by atoms with Crippen molar-refractivity contribution >= 4 is 29.3 Å². The zero-order valence-corrected chi connectivity index (χ0v) is 12.1. The molecule has 0 aliphatic carbocycles. The first-order valence-electron chi connectivity index (χ1n) is 5.83. The number of carbonyl (C=O) groups is 1. The number of carboxylic acids is 1. The van der Waals surface area contributed by atoms with Gasteiger partial charge in [0.05, 0.1) is 5.02 Å². The number of carboxylic acid groups (broad SMARTS) is 1. The molecule has 1 rings (SSSR count). The van der Waals surface area contributed by atoms with Crippen molar-refractivity contribution in [3.8, 4) is 0 Å². The van der Waals surface area contributed by atoms with Crippen molar-refractivity contribution in [2.75, 3.05) is 0 Å². The van der Waals surface area contributed by atoms with E-state index in [0.717, 1.165) is 10.5 Å². The molecule has 0 saturated carbocycles.